The van der Waals surface area contributed by atoms with E-state index in [9.17, 15) is 30.0 Å². The molecule has 0 radical (unpaired) electrons. The van der Waals surface area contributed by atoms with Crippen LogP contribution in [0.25, 0.3) is 0 Å². The van der Waals surface area contributed by atoms with Gasteiger partial charge < -0.3 is 40.0 Å². The Morgan fingerprint density at radius 2 is 1.71 bits per heavy atom. The highest BCUT2D eigenvalue weighted by Crippen LogP contribution is 2.20. The molecule has 10 nitrogen and oxygen atoms in total. The van der Waals surface area contributed by atoms with Gasteiger partial charge in [-0.1, -0.05) is 0 Å². The molecular weight excluding hydrogens is 326 g/mol. The topological polar surface area (TPSA) is 155 Å². The van der Waals surface area contributed by atoms with Crippen LogP contribution in [-0.2, 0) is 19.0 Å². The standard InChI is InChI=1S/C14H25NO9/c1-6(15-13(21)24-14(2,3)4)11(19)22-5-7-8(16)9(17)10(18)12(20)23-7/h6-10,12,16-18,20H,5H2,1-4H3,(H,15,21)/t6-,7-,8-,9+,10-,12-/m1/s1. The highest BCUT2D eigenvalue weighted by molar-refractivity contribution is 5.81. The number of esters is 1. The largest absolute Gasteiger partial charge is 0.461 e. The van der Waals surface area contributed by atoms with Crippen LogP contribution in [0.15, 0.2) is 0 Å². The number of hydrogen-bond donors (Lipinski definition) is 5. The maximum Gasteiger partial charge on any atom is 0.408 e. The summed E-state index contributed by atoms with van der Waals surface area (Å²) in [5.74, 6) is -0.827. The Morgan fingerprint density at radius 3 is 2.25 bits per heavy atom. The van der Waals surface area contributed by atoms with Gasteiger partial charge in [-0.25, -0.2) is 9.59 Å². The number of hydrogen-bond acceptors (Lipinski definition) is 9. The fourth-order valence-corrected chi connectivity index (χ4v) is 1.90. The molecule has 1 aliphatic heterocycles. The van der Waals surface area contributed by atoms with Crippen LogP contribution >= 0.6 is 0 Å². The van der Waals surface area contributed by atoms with Crippen LogP contribution in [0.3, 0.4) is 0 Å². The van der Waals surface area contributed by atoms with Crippen molar-refractivity contribution in [2.75, 3.05) is 6.61 Å². The zero-order valence-corrected chi connectivity index (χ0v) is 14.0. The van der Waals surface area contributed by atoms with Gasteiger partial charge in [0.2, 0.25) is 0 Å². The third-order valence-corrected chi connectivity index (χ3v) is 3.16. The molecule has 0 aromatic rings. The van der Waals surface area contributed by atoms with E-state index in [-0.39, 0.29) is 0 Å². The second-order valence-electron chi connectivity index (χ2n) is 6.53. The third kappa shape index (κ3) is 5.87. The molecule has 0 aromatic heterocycles. The molecule has 1 rings (SSSR count). The molecule has 1 amide bonds. The molecule has 6 atom stereocenters. The lowest BCUT2D eigenvalue weighted by Crippen LogP contribution is -2.58. The number of aliphatic hydroxyl groups is 4. The van der Waals surface area contributed by atoms with Crippen molar-refractivity contribution in [2.45, 2.75) is 70.0 Å². The molecule has 5 N–H and O–H groups in total. The highest BCUT2D eigenvalue weighted by atomic mass is 16.7. The van der Waals surface area contributed by atoms with Gasteiger partial charge in [0.05, 0.1) is 0 Å². The summed E-state index contributed by atoms with van der Waals surface area (Å²) in [5.41, 5.74) is -0.721. The normalized spacial score (nSPS) is 31.9. The van der Waals surface area contributed by atoms with Crippen LogP contribution in [0.1, 0.15) is 27.7 Å². The molecule has 1 aliphatic rings. The minimum atomic E-state index is -1.72. The predicted octanol–water partition coefficient (Wildman–Crippen LogP) is -1.76. The molecule has 10 heteroatoms. The van der Waals surface area contributed by atoms with Crippen molar-refractivity contribution in [3.8, 4) is 0 Å². The van der Waals surface area contributed by atoms with Gasteiger partial charge in [-0.15, -0.1) is 0 Å². The van der Waals surface area contributed by atoms with Crippen LogP contribution in [0.5, 0.6) is 0 Å². The van der Waals surface area contributed by atoms with Gasteiger partial charge >= 0.3 is 12.1 Å². The van der Waals surface area contributed by atoms with E-state index in [0.29, 0.717) is 0 Å². The van der Waals surface area contributed by atoms with E-state index >= 15 is 0 Å². The van der Waals surface area contributed by atoms with Gasteiger partial charge in [0.1, 0.15) is 42.7 Å². The summed E-state index contributed by atoms with van der Waals surface area (Å²) in [6.07, 6.45) is -8.60. The fraction of sp³-hybridized carbons (Fsp3) is 0.857. The van der Waals surface area contributed by atoms with E-state index < -0.39 is 61.0 Å². The lowest BCUT2D eigenvalue weighted by Gasteiger charge is -2.38. The van der Waals surface area contributed by atoms with E-state index in [1.165, 1.54) is 6.92 Å². The number of rotatable bonds is 4. The second-order valence-corrected chi connectivity index (χ2v) is 6.53. The quantitative estimate of drug-likeness (QED) is 0.370. The molecule has 1 fully saturated rings. The van der Waals surface area contributed by atoms with E-state index in [2.05, 4.69) is 5.32 Å². The Kier molecular flexibility index (Phi) is 6.93. The Hall–Kier alpha value is -1.46. The van der Waals surface area contributed by atoms with Crippen molar-refractivity contribution >= 4 is 12.1 Å². The van der Waals surface area contributed by atoms with Crippen LogP contribution in [0.4, 0.5) is 4.79 Å². The van der Waals surface area contributed by atoms with Gasteiger partial charge in [-0.05, 0) is 27.7 Å². The zero-order valence-electron chi connectivity index (χ0n) is 14.0. The molecule has 1 heterocycles. The lowest BCUT2D eigenvalue weighted by atomic mass is 9.99. The van der Waals surface area contributed by atoms with Gasteiger partial charge in [-0.2, -0.15) is 0 Å². The van der Waals surface area contributed by atoms with Gasteiger partial charge in [0, 0.05) is 0 Å². The molecule has 0 saturated carbocycles. The molecule has 0 aromatic carbocycles. The van der Waals surface area contributed by atoms with Crippen molar-refractivity contribution in [3.05, 3.63) is 0 Å². The molecular formula is C14H25NO9. The molecule has 0 spiro atoms. The summed E-state index contributed by atoms with van der Waals surface area (Å²) in [5, 5.41) is 40.3. The maximum atomic E-state index is 11.8. The first-order valence-corrected chi connectivity index (χ1v) is 7.46. The summed E-state index contributed by atoms with van der Waals surface area (Å²) in [6, 6.07) is -1.03. The van der Waals surface area contributed by atoms with Crippen molar-refractivity contribution in [1.82, 2.24) is 5.32 Å². The Bertz CT molecular complexity index is 450. The number of alkyl carbamates (subject to hydrolysis) is 1. The SMILES string of the molecule is C[C@@H](NC(=O)OC(C)(C)C)C(=O)OC[C@H]1O[C@@H](O)[C@H](O)[C@@H](O)[C@@H]1O. The summed E-state index contributed by atoms with van der Waals surface area (Å²) in [7, 11) is 0. The zero-order chi connectivity index (χ0) is 18.7. The third-order valence-electron chi connectivity index (χ3n) is 3.16. The second kappa shape index (κ2) is 8.08. The van der Waals surface area contributed by atoms with E-state index in [1.807, 2.05) is 0 Å². The number of ether oxygens (including phenoxy) is 3. The lowest BCUT2D eigenvalue weighted by molar-refractivity contribution is -0.287. The smallest absolute Gasteiger partial charge is 0.408 e. The summed E-state index contributed by atoms with van der Waals surface area (Å²) in [6.45, 7) is 5.90. The average molecular weight is 351 g/mol. The first kappa shape index (κ1) is 20.6. The van der Waals surface area contributed by atoms with Crippen molar-refractivity contribution in [3.63, 3.8) is 0 Å². The summed E-state index contributed by atoms with van der Waals surface area (Å²) < 4.78 is 14.7. The molecule has 140 valence electrons. The number of carbonyl (C=O) groups is 2. The van der Waals surface area contributed by atoms with Crippen molar-refractivity contribution in [2.24, 2.45) is 0 Å². The summed E-state index contributed by atoms with van der Waals surface area (Å²) in [4.78, 5) is 23.4. The van der Waals surface area contributed by atoms with Crippen LogP contribution in [0, 0.1) is 0 Å². The van der Waals surface area contributed by atoms with E-state index in [4.69, 9.17) is 14.2 Å². The first-order valence-electron chi connectivity index (χ1n) is 7.46. The Balaban J connectivity index is 2.46. The highest BCUT2D eigenvalue weighted by Gasteiger charge is 2.43. The minimum Gasteiger partial charge on any atom is -0.461 e. The minimum absolute atomic E-state index is 0.485. The van der Waals surface area contributed by atoms with E-state index in [0.717, 1.165) is 0 Å². The number of aliphatic hydroxyl groups excluding tert-OH is 4. The Morgan fingerprint density at radius 1 is 1.12 bits per heavy atom. The van der Waals surface area contributed by atoms with Gasteiger partial charge in [-0.3, -0.25) is 0 Å². The monoisotopic (exact) mass is 351 g/mol. The number of amides is 1. The fourth-order valence-electron chi connectivity index (χ4n) is 1.90. The van der Waals surface area contributed by atoms with Gasteiger partial charge in [0.25, 0.3) is 0 Å². The predicted molar refractivity (Wildman–Crippen MR) is 78.7 cm³/mol. The molecule has 0 bridgehead atoms. The summed E-state index contributed by atoms with van der Waals surface area (Å²) >= 11 is 0. The number of nitrogens with one attached hydrogen (secondary N) is 1. The van der Waals surface area contributed by atoms with Crippen LogP contribution < -0.4 is 5.32 Å². The Labute approximate surface area is 139 Å². The molecule has 0 aliphatic carbocycles. The molecule has 1 saturated heterocycles. The number of carbonyl (C=O) groups excluding carboxylic acids is 2. The average Bonchev–Trinajstić information content (AvgIpc) is 2.44. The first-order chi connectivity index (χ1) is 10.9. The van der Waals surface area contributed by atoms with Crippen LogP contribution in [-0.4, -0.2) is 81.4 Å². The van der Waals surface area contributed by atoms with Crippen molar-refractivity contribution < 1.29 is 44.2 Å². The van der Waals surface area contributed by atoms with Crippen molar-refractivity contribution in [1.29, 1.82) is 0 Å². The van der Waals surface area contributed by atoms with E-state index in [1.54, 1.807) is 20.8 Å². The molecule has 24 heavy (non-hydrogen) atoms. The van der Waals surface area contributed by atoms with Gasteiger partial charge in [0.15, 0.2) is 6.29 Å². The molecule has 0 unspecified atom stereocenters. The maximum absolute atomic E-state index is 11.8. The van der Waals surface area contributed by atoms with Crippen LogP contribution in [0.2, 0.25) is 0 Å².